The molecule has 1 heterocycles. The molecule has 0 radical (unpaired) electrons. The van der Waals surface area contributed by atoms with Crippen LogP contribution < -0.4 is 5.43 Å². The number of pyridine rings is 1. The van der Waals surface area contributed by atoms with E-state index in [1.807, 2.05) is 19.1 Å². The first-order valence-electron chi connectivity index (χ1n) is 6.29. The molecule has 0 saturated heterocycles. The highest BCUT2D eigenvalue weighted by Crippen LogP contribution is 2.31. The van der Waals surface area contributed by atoms with Crippen LogP contribution in [0.5, 0.6) is 0 Å². The summed E-state index contributed by atoms with van der Waals surface area (Å²) in [6.07, 6.45) is -1.43. The fourth-order valence-electron chi connectivity index (χ4n) is 1.80. The molecular formula is C15H12F3N3O. The summed E-state index contributed by atoms with van der Waals surface area (Å²) in [5.41, 5.74) is 2.17. The Morgan fingerprint density at radius 3 is 2.77 bits per heavy atom. The van der Waals surface area contributed by atoms with Crippen LogP contribution in [0.1, 0.15) is 27.0 Å². The maximum absolute atomic E-state index is 12.8. The molecule has 22 heavy (non-hydrogen) atoms. The van der Waals surface area contributed by atoms with Gasteiger partial charge in [0.15, 0.2) is 0 Å². The zero-order valence-corrected chi connectivity index (χ0v) is 11.6. The van der Waals surface area contributed by atoms with Gasteiger partial charge < -0.3 is 0 Å². The van der Waals surface area contributed by atoms with E-state index in [4.69, 9.17) is 0 Å². The summed E-state index contributed by atoms with van der Waals surface area (Å²) in [6, 6.07) is 8.02. The molecule has 1 aromatic heterocycles. The van der Waals surface area contributed by atoms with Gasteiger partial charge in [-0.15, -0.1) is 0 Å². The molecule has 114 valence electrons. The number of carbonyl (C=O) groups excluding carboxylic acids is 1. The maximum atomic E-state index is 12.8. The van der Waals surface area contributed by atoms with Crippen molar-refractivity contribution in [3.8, 4) is 0 Å². The van der Waals surface area contributed by atoms with Crippen molar-refractivity contribution in [1.29, 1.82) is 0 Å². The molecule has 0 saturated carbocycles. The monoisotopic (exact) mass is 307 g/mol. The van der Waals surface area contributed by atoms with Gasteiger partial charge in [0.1, 0.15) is 0 Å². The van der Waals surface area contributed by atoms with E-state index < -0.39 is 23.2 Å². The standard InChI is InChI=1S/C15H12F3N3O/c1-10-3-2-4-11(7-10)8-20-21-14(22)12-9-19-6-5-13(12)15(16,17)18/h2-9H,1H3,(H,21,22)/b20-8+. The molecule has 1 amide bonds. The number of rotatable bonds is 3. The first kappa shape index (κ1) is 15.7. The van der Waals surface area contributed by atoms with Crippen molar-refractivity contribution in [3.63, 3.8) is 0 Å². The molecule has 0 fully saturated rings. The predicted molar refractivity (Wildman–Crippen MR) is 75.5 cm³/mol. The third kappa shape index (κ3) is 3.91. The minimum atomic E-state index is -4.63. The van der Waals surface area contributed by atoms with Crippen LogP contribution in [-0.2, 0) is 6.18 Å². The van der Waals surface area contributed by atoms with E-state index in [2.05, 4.69) is 15.5 Å². The zero-order valence-electron chi connectivity index (χ0n) is 11.6. The van der Waals surface area contributed by atoms with Gasteiger partial charge in [0, 0.05) is 12.4 Å². The van der Waals surface area contributed by atoms with Crippen molar-refractivity contribution in [2.45, 2.75) is 13.1 Å². The van der Waals surface area contributed by atoms with Gasteiger partial charge in [0.2, 0.25) is 0 Å². The second kappa shape index (κ2) is 6.38. The van der Waals surface area contributed by atoms with Gasteiger partial charge in [-0.05, 0) is 18.6 Å². The first-order valence-corrected chi connectivity index (χ1v) is 6.29. The Labute approximate surface area is 124 Å². The normalized spacial score (nSPS) is 11.6. The van der Waals surface area contributed by atoms with E-state index in [-0.39, 0.29) is 0 Å². The fourth-order valence-corrected chi connectivity index (χ4v) is 1.80. The Hall–Kier alpha value is -2.70. The van der Waals surface area contributed by atoms with Crippen LogP contribution in [-0.4, -0.2) is 17.1 Å². The van der Waals surface area contributed by atoms with Crippen LogP contribution in [0.2, 0.25) is 0 Å². The number of alkyl halides is 3. The van der Waals surface area contributed by atoms with Crippen LogP contribution in [0.4, 0.5) is 13.2 Å². The van der Waals surface area contributed by atoms with Crippen molar-refractivity contribution in [2.24, 2.45) is 5.10 Å². The molecule has 1 aromatic carbocycles. The molecule has 4 nitrogen and oxygen atoms in total. The number of hydrazone groups is 1. The van der Waals surface area contributed by atoms with E-state index in [0.29, 0.717) is 0 Å². The average Bonchev–Trinajstić information content (AvgIpc) is 2.46. The van der Waals surface area contributed by atoms with Crippen LogP contribution in [0.25, 0.3) is 0 Å². The average molecular weight is 307 g/mol. The molecular weight excluding hydrogens is 295 g/mol. The number of amides is 1. The Bertz CT molecular complexity index is 711. The van der Waals surface area contributed by atoms with Gasteiger partial charge in [0.05, 0.1) is 17.3 Å². The van der Waals surface area contributed by atoms with Crippen molar-refractivity contribution in [3.05, 3.63) is 65.0 Å². The second-order valence-electron chi connectivity index (χ2n) is 4.53. The van der Waals surface area contributed by atoms with Gasteiger partial charge in [-0.25, -0.2) is 5.43 Å². The second-order valence-corrected chi connectivity index (χ2v) is 4.53. The van der Waals surface area contributed by atoms with E-state index in [0.717, 1.165) is 29.6 Å². The van der Waals surface area contributed by atoms with Crippen molar-refractivity contribution < 1.29 is 18.0 Å². The summed E-state index contributed by atoms with van der Waals surface area (Å²) >= 11 is 0. The van der Waals surface area contributed by atoms with Crippen LogP contribution in [0.3, 0.4) is 0 Å². The van der Waals surface area contributed by atoms with Gasteiger partial charge in [0.25, 0.3) is 5.91 Å². The lowest BCUT2D eigenvalue weighted by atomic mass is 10.1. The number of halogens is 3. The van der Waals surface area contributed by atoms with Crippen LogP contribution in [0, 0.1) is 6.92 Å². The molecule has 0 atom stereocenters. The lowest BCUT2D eigenvalue weighted by Gasteiger charge is -2.10. The van der Waals surface area contributed by atoms with Gasteiger partial charge >= 0.3 is 6.18 Å². The SMILES string of the molecule is Cc1cccc(/C=N/NC(=O)c2cnccc2C(F)(F)F)c1. The fraction of sp³-hybridized carbons (Fsp3) is 0.133. The molecule has 0 unspecified atom stereocenters. The highest BCUT2D eigenvalue weighted by Gasteiger charge is 2.35. The summed E-state index contributed by atoms with van der Waals surface area (Å²) in [5, 5.41) is 3.66. The molecule has 1 N–H and O–H groups in total. The Balaban J connectivity index is 2.14. The van der Waals surface area contributed by atoms with Crippen molar-refractivity contribution in [1.82, 2.24) is 10.4 Å². The number of aryl methyl sites for hydroxylation is 1. The molecule has 0 bridgehead atoms. The summed E-state index contributed by atoms with van der Waals surface area (Å²) in [4.78, 5) is 15.3. The lowest BCUT2D eigenvalue weighted by molar-refractivity contribution is -0.138. The lowest BCUT2D eigenvalue weighted by Crippen LogP contribution is -2.22. The minimum absolute atomic E-state index is 0.573. The van der Waals surface area contributed by atoms with Crippen LogP contribution in [0.15, 0.2) is 47.8 Å². The highest BCUT2D eigenvalue weighted by atomic mass is 19.4. The number of carbonyl (C=O) groups is 1. The summed E-state index contributed by atoms with van der Waals surface area (Å²) in [6.45, 7) is 1.89. The number of nitrogens with one attached hydrogen (secondary N) is 1. The maximum Gasteiger partial charge on any atom is 0.417 e. The smallest absolute Gasteiger partial charge is 0.267 e. The van der Waals surface area contributed by atoms with Crippen molar-refractivity contribution >= 4 is 12.1 Å². The third-order valence-electron chi connectivity index (χ3n) is 2.79. The summed E-state index contributed by atoms with van der Waals surface area (Å²) in [5.74, 6) is -0.968. The Morgan fingerprint density at radius 1 is 1.32 bits per heavy atom. The molecule has 7 heteroatoms. The predicted octanol–water partition coefficient (Wildman–Crippen LogP) is 3.17. The minimum Gasteiger partial charge on any atom is -0.267 e. The number of hydrogen-bond acceptors (Lipinski definition) is 3. The van der Waals surface area contributed by atoms with E-state index in [1.165, 1.54) is 6.21 Å². The summed E-state index contributed by atoms with van der Waals surface area (Å²) in [7, 11) is 0. The van der Waals surface area contributed by atoms with Crippen LogP contribution >= 0.6 is 0 Å². The zero-order chi connectivity index (χ0) is 16.2. The molecule has 0 aliphatic heterocycles. The number of hydrogen-bond donors (Lipinski definition) is 1. The van der Waals surface area contributed by atoms with Gasteiger partial charge in [-0.3, -0.25) is 9.78 Å². The Morgan fingerprint density at radius 2 is 2.09 bits per heavy atom. The quantitative estimate of drug-likeness (QED) is 0.699. The first-order chi connectivity index (χ1) is 10.4. The number of aromatic nitrogens is 1. The highest BCUT2D eigenvalue weighted by molar-refractivity contribution is 5.96. The van der Waals surface area contributed by atoms with Crippen molar-refractivity contribution in [2.75, 3.05) is 0 Å². The molecule has 2 rings (SSSR count). The third-order valence-corrected chi connectivity index (χ3v) is 2.79. The van der Waals surface area contributed by atoms with E-state index in [1.54, 1.807) is 12.1 Å². The molecule has 2 aromatic rings. The molecule has 0 spiro atoms. The number of nitrogens with zero attached hydrogens (tertiary/aromatic N) is 2. The van der Waals surface area contributed by atoms with E-state index >= 15 is 0 Å². The molecule has 0 aliphatic carbocycles. The Kier molecular flexibility index (Phi) is 4.55. The van der Waals surface area contributed by atoms with Gasteiger partial charge in [-0.1, -0.05) is 29.8 Å². The van der Waals surface area contributed by atoms with Gasteiger partial charge in [-0.2, -0.15) is 18.3 Å². The van der Waals surface area contributed by atoms with E-state index in [9.17, 15) is 18.0 Å². The topological polar surface area (TPSA) is 54.4 Å². The largest absolute Gasteiger partial charge is 0.417 e. The molecule has 0 aliphatic rings. The summed E-state index contributed by atoms with van der Waals surface area (Å²) < 4.78 is 38.4. The number of benzene rings is 1.